The van der Waals surface area contributed by atoms with Gasteiger partial charge in [-0.05, 0) is 43.5 Å². The lowest BCUT2D eigenvalue weighted by Gasteiger charge is -2.12. The Labute approximate surface area is 126 Å². The van der Waals surface area contributed by atoms with Gasteiger partial charge in [0.1, 0.15) is 17.1 Å². The van der Waals surface area contributed by atoms with Crippen molar-refractivity contribution in [3.63, 3.8) is 0 Å². The van der Waals surface area contributed by atoms with Crippen molar-refractivity contribution in [3.8, 4) is 5.75 Å². The molecule has 0 aliphatic carbocycles. The van der Waals surface area contributed by atoms with E-state index in [1.807, 2.05) is 0 Å². The zero-order chi connectivity index (χ0) is 16.3. The molecule has 22 heavy (non-hydrogen) atoms. The SMILES string of the molecule is CCOC(=O)c1cc2cc(F)ccc2c(O)c1C(=O)OCC. The van der Waals surface area contributed by atoms with Crippen LogP contribution in [0, 0.1) is 5.82 Å². The van der Waals surface area contributed by atoms with Gasteiger partial charge in [-0.1, -0.05) is 0 Å². The summed E-state index contributed by atoms with van der Waals surface area (Å²) < 4.78 is 23.1. The summed E-state index contributed by atoms with van der Waals surface area (Å²) in [4.78, 5) is 24.1. The molecule has 116 valence electrons. The lowest BCUT2D eigenvalue weighted by Crippen LogP contribution is -2.14. The maximum atomic E-state index is 13.3. The maximum absolute atomic E-state index is 13.3. The topological polar surface area (TPSA) is 72.8 Å². The first-order chi connectivity index (χ1) is 10.5. The van der Waals surface area contributed by atoms with E-state index in [-0.39, 0.29) is 35.1 Å². The lowest BCUT2D eigenvalue weighted by atomic mass is 9.99. The Hall–Kier alpha value is -2.63. The monoisotopic (exact) mass is 306 g/mol. The van der Waals surface area contributed by atoms with Crippen LogP contribution in [0.1, 0.15) is 34.6 Å². The Morgan fingerprint density at radius 2 is 1.73 bits per heavy atom. The summed E-state index contributed by atoms with van der Waals surface area (Å²) in [5, 5.41) is 10.8. The first-order valence-electron chi connectivity index (χ1n) is 6.79. The quantitative estimate of drug-likeness (QED) is 0.879. The second kappa shape index (κ2) is 6.43. The average molecular weight is 306 g/mol. The van der Waals surface area contributed by atoms with E-state index in [1.165, 1.54) is 12.1 Å². The Morgan fingerprint density at radius 3 is 2.36 bits per heavy atom. The molecular formula is C16H15FO5. The zero-order valence-corrected chi connectivity index (χ0v) is 12.2. The highest BCUT2D eigenvalue weighted by atomic mass is 19.1. The molecule has 0 atom stereocenters. The molecule has 0 spiro atoms. The molecule has 5 nitrogen and oxygen atoms in total. The van der Waals surface area contributed by atoms with Crippen molar-refractivity contribution in [1.29, 1.82) is 0 Å². The molecule has 0 aromatic heterocycles. The Morgan fingerprint density at radius 1 is 1.09 bits per heavy atom. The number of hydrogen-bond donors (Lipinski definition) is 1. The van der Waals surface area contributed by atoms with Gasteiger partial charge in [0.2, 0.25) is 0 Å². The number of carbonyl (C=O) groups is 2. The molecule has 0 unspecified atom stereocenters. The van der Waals surface area contributed by atoms with E-state index in [0.717, 1.165) is 12.1 Å². The van der Waals surface area contributed by atoms with Crippen LogP contribution < -0.4 is 0 Å². The molecule has 0 bridgehead atoms. The van der Waals surface area contributed by atoms with Crippen LogP contribution in [0.3, 0.4) is 0 Å². The minimum Gasteiger partial charge on any atom is -0.506 e. The van der Waals surface area contributed by atoms with Gasteiger partial charge >= 0.3 is 11.9 Å². The molecule has 0 saturated heterocycles. The van der Waals surface area contributed by atoms with Gasteiger partial charge in [-0.25, -0.2) is 14.0 Å². The van der Waals surface area contributed by atoms with Gasteiger partial charge < -0.3 is 14.6 Å². The number of esters is 2. The van der Waals surface area contributed by atoms with Crippen LogP contribution in [0.25, 0.3) is 10.8 Å². The molecule has 0 fully saturated rings. The molecule has 0 heterocycles. The molecule has 0 aliphatic rings. The summed E-state index contributed by atoms with van der Waals surface area (Å²) in [5.41, 5.74) is -0.435. The highest BCUT2D eigenvalue weighted by Gasteiger charge is 2.25. The van der Waals surface area contributed by atoms with Crippen molar-refractivity contribution in [3.05, 3.63) is 41.2 Å². The fourth-order valence-electron chi connectivity index (χ4n) is 2.14. The smallest absolute Gasteiger partial charge is 0.342 e. The molecule has 6 heteroatoms. The van der Waals surface area contributed by atoms with Crippen LogP contribution in [0.5, 0.6) is 5.75 Å². The number of rotatable bonds is 4. The molecule has 2 aromatic carbocycles. The predicted octanol–water partition coefficient (Wildman–Crippen LogP) is 3.04. The Bertz CT molecular complexity index is 739. The first-order valence-corrected chi connectivity index (χ1v) is 6.79. The number of ether oxygens (including phenoxy) is 2. The van der Waals surface area contributed by atoms with Gasteiger partial charge in [-0.3, -0.25) is 0 Å². The first kappa shape index (κ1) is 15.8. The highest BCUT2D eigenvalue weighted by molar-refractivity contribution is 6.10. The normalized spacial score (nSPS) is 10.5. The summed E-state index contributed by atoms with van der Waals surface area (Å²) >= 11 is 0. The second-order valence-electron chi connectivity index (χ2n) is 4.45. The van der Waals surface area contributed by atoms with Crippen LogP contribution >= 0.6 is 0 Å². The number of phenols is 1. The van der Waals surface area contributed by atoms with Crippen LogP contribution in [0.4, 0.5) is 4.39 Å². The minimum atomic E-state index is -0.839. The predicted molar refractivity (Wildman–Crippen MR) is 77.5 cm³/mol. The second-order valence-corrected chi connectivity index (χ2v) is 4.45. The summed E-state index contributed by atoms with van der Waals surface area (Å²) in [5.74, 6) is -2.58. The van der Waals surface area contributed by atoms with E-state index in [9.17, 15) is 19.1 Å². The fourth-order valence-corrected chi connectivity index (χ4v) is 2.14. The van der Waals surface area contributed by atoms with Crippen molar-refractivity contribution < 1.29 is 28.6 Å². The Balaban J connectivity index is 2.74. The average Bonchev–Trinajstić information content (AvgIpc) is 2.47. The molecule has 2 rings (SSSR count). The van der Waals surface area contributed by atoms with Crippen molar-refractivity contribution in [2.45, 2.75) is 13.8 Å². The highest BCUT2D eigenvalue weighted by Crippen LogP contribution is 2.33. The summed E-state index contributed by atoms with van der Waals surface area (Å²) in [6.45, 7) is 3.41. The van der Waals surface area contributed by atoms with E-state index in [4.69, 9.17) is 9.47 Å². The fraction of sp³-hybridized carbons (Fsp3) is 0.250. The largest absolute Gasteiger partial charge is 0.506 e. The summed E-state index contributed by atoms with van der Waals surface area (Å²) in [6.07, 6.45) is 0. The number of fused-ring (bicyclic) bond motifs is 1. The standard InChI is InChI=1S/C16H15FO5/c1-3-21-15(19)12-8-9-7-10(17)5-6-11(9)14(18)13(12)16(20)22-4-2/h5-8,18H,3-4H2,1-2H3. The summed E-state index contributed by atoms with van der Waals surface area (Å²) in [6, 6.07) is 4.95. The molecule has 0 amide bonds. The molecule has 0 saturated carbocycles. The molecular weight excluding hydrogens is 291 g/mol. The van der Waals surface area contributed by atoms with E-state index in [0.29, 0.717) is 0 Å². The lowest BCUT2D eigenvalue weighted by molar-refractivity contribution is 0.0476. The number of halogens is 1. The number of aromatic hydroxyl groups is 1. The van der Waals surface area contributed by atoms with Crippen LogP contribution in [-0.4, -0.2) is 30.3 Å². The van der Waals surface area contributed by atoms with Crippen LogP contribution in [0.2, 0.25) is 0 Å². The number of benzene rings is 2. The van der Waals surface area contributed by atoms with Crippen LogP contribution in [0.15, 0.2) is 24.3 Å². The van der Waals surface area contributed by atoms with E-state index < -0.39 is 23.5 Å². The third kappa shape index (κ3) is 2.86. The molecule has 1 N–H and O–H groups in total. The van der Waals surface area contributed by atoms with Crippen molar-refractivity contribution in [2.75, 3.05) is 13.2 Å². The molecule has 2 aromatic rings. The van der Waals surface area contributed by atoms with Gasteiger partial charge in [0.25, 0.3) is 0 Å². The molecule has 0 aliphatic heterocycles. The minimum absolute atomic E-state index is 0.0853. The van der Waals surface area contributed by atoms with Crippen molar-refractivity contribution in [2.24, 2.45) is 0 Å². The molecule has 0 radical (unpaired) electrons. The van der Waals surface area contributed by atoms with Gasteiger partial charge in [-0.15, -0.1) is 0 Å². The third-order valence-corrected chi connectivity index (χ3v) is 3.05. The zero-order valence-electron chi connectivity index (χ0n) is 12.2. The van der Waals surface area contributed by atoms with Crippen molar-refractivity contribution >= 4 is 22.7 Å². The van der Waals surface area contributed by atoms with Gasteiger partial charge in [-0.2, -0.15) is 0 Å². The Kier molecular flexibility index (Phi) is 4.60. The van der Waals surface area contributed by atoms with Gasteiger partial charge in [0.15, 0.2) is 0 Å². The van der Waals surface area contributed by atoms with Crippen LogP contribution in [-0.2, 0) is 9.47 Å². The van der Waals surface area contributed by atoms with E-state index in [1.54, 1.807) is 13.8 Å². The van der Waals surface area contributed by atoms with E-state index >= 15 is 0 Å². The van der Waals surface area contributed by atoms with Gasteiger partial charge in [0, 0.05) is 5.39 Å². The third-order valence-electron chi connectivity index (χ3n) is 3.05. The van der Waals surface area contributed by atoms with Crippen molar-refractivity contribution in [1.82, 2.24) is 0 Å². The maximum Gasteiger partial charge on any atom is 0.342 e. The van der Waals surface area contributed by atoms with E-state index in [2.05, 4.69) is 0 Å². The van der Waals surface area contributed by atoms with Gasteiger partial charge in [0.05, 0.1) is 18.8 Å². The number of phenolic OH excluding ortho intramolecular Hbond substituents is 1. The summed E-state index contributed by atoms with van der Waals surface area (Å²) in [7, 11) is 0. The number of hydrogen-bond acceptors (Lipinski definition) is 5. The number of carbonyl (C=O) groups excluding carboxylic acids is 2.